The summed E-state index contributed by atoms with van der Waals surface area (Å²) in [5, 5.41) is 16.4. The molecule has 10 heteroatoms. The third-order valence-corrected chi connectivity index (χ3v) is 5.49. The molecule has 34 heavy (non-hydrogen) atoms. The molecule has 166 valence electrons. The number of hydrogen-bond donors (Lipinski definition) is 1. The Morgan fingerprint density at radius 1 is 1.06 bits per heavy atom. The molecule has 0 unspecified atom stereocenters. The van der Waals surface area contributed by atoms with Gasteiger partial charge in [0.05, 0.1) is 35.6 Å². The van der Waals surface area contributed by atoms with E-state index in [4.69, 9.17) is 9.40 Å². The summed E-state index contributed by atoms with van der Waals surface area (Å²) >= 11 is 0. The summed E-state index contributed by atoms with van der Waals surface area (Å²) in [7, 11) is 0. The molecule has 0 saturated heterocycles. The lowest BCUT2D eigenvalue weighted by Crippen LogP contribution is -2.24. The second kappa shape index (κ2) is 8.24. The molecule has 0 aromatic carbocycles. The molecule has 0 aliphatic rings. The minimum Gasteiger partial charge on any atom is -0.467 e. The average molecular weight is 450 g/mol. The van der Waals surface area contributed by atoms with Crippen LogP contribution in [-0.4, -0.2) is 40.3 Å². The maximum Gasteiger partial charge on any atom is 0.252 e. The van der Waals surface area contributed by atoms with Gasteiger partial charge in [-0.3, -0.25) is 14.2 Å². The van der Waals surface area contributed by atoms with Crippen LogP contribution in [0.5, 0.6) is 0 Å². The number of amides is 1. The summed E-state index contributed by atoms with van der Waals surface area (Å²) in [4.78, 5) is 22.3. The van der Waals surface area contributed by atoms with E-state index in [-0.39, 0.29) is 12.5 Å². The normalized spacial score (nSPS) is 11.3. The van der Waals surface area contributed by atoms with Crippen molar-refractivity contribution in [2.24, 2.45) is 0 Å². The SMILES string of the molecule is O=C(NCc1nnc2ccccn12)c1cc(-c2cccnc2)nc2c1cnn2Cc1ccco1. The Hall–Kier alpha value is -4.86. The lowest BCUT2D eigenvalue weighted by molar-refractivity contribution is 0.0951. The maximum atomic E-state index is 13.3. The number of hydrogen-bond acceptors (Lipinski definition) is 7. The second-order valence-corrected chi connectivity index (χ2v) is 7.64. The van der Waals surface area contributed by atoms with Gasteiger partial charge in [0, 0.05) is 24.2 Å². The standard InChI is InChI=1S/C24H18N8O2/c33-24(26-14-22-30-29-21-7-1-2-9-31(21)22)18-11-20(16-5-3-8-25-12-16)28-23-19(18)13-27-32(23)15-17-6-4-10-34-17/h1-13H,14-15H2,(H,26,33). The molecule has 6 aromatic rings. The molecule has 0 radical (unpaired) electrons. The maximum absolute atomic E-state index is 13.3. The first-order chi connectivity index (χ1) is 16.8. The molecule has 6 aromatic heterocycles. The summed E-state index contributed by atoms with van der Waals surface area (Å²) in [6, 6.07) is 14.8. The number of fused-ring (bicyclic) bond motifs is 2. The average Bonchev–Trinajstić information content (AvgIpc) is 3.63. The predicted octanol–water partition coefficient (Wildman–Crippen LogP) is 3.11. The van der Waals surface area contributed by atoms with E-state index in [2.05, 4.69) is 25.6 Å². The van der Waals surface area contributed by atoms with Crippen LogP contribution in [0.15, 0.2) is 84.0 Å². The van der Waals surface area contributed by atoms with Crippen LogP contribution in [0.25, 0.3) is 27.9 Å². The van der Waals surface area contributed by atoms with Crippen molar-refractivity contribution in [3.8, 4) is 11.3 Å². The third kappa shape index (κ3) is 3.56. The Morgan fingerprint density at radius 3 is 2.88 bits per heavy atom. The van der Waals surface area contributed by atoms with Crippen LogP contribution in [0.2, 0.25) is 0 Å². The summed E-state index contributed by atoms with van der Waals surface area (Å²) in [6.07, 6.45) is 8.54. The van der Waals surface area contributed by atoms with E-state index < -0.39 is 0 Å². The molecule has 0 saturated carbocycles. The van der Waals surface area contributed by atoms with E-state index >= 15 is 0 Å². The summed E-state index contributed by atoms with van der Waals surface area (Å²) in [5.74, 6) is 1.11. The van der Waals surface area contributed by atoms with Gasteiger partial charge in [0.25, 0.3) is 5.91 Å². The Kier molecular flexibility index (Phi) is 4.80. The van der Waals surface area contributed by atoms with Gasteiger partial charge >= 0.3 is 0 Å². The molecular weight excluding hydrogens is 432 g/mol. The molecule has 0 aliphatic heterocycles. The fraction of sp³-hybridized carbons (Fsp3) is 0.0833. The Bertz CT molecular complexity index is 1600. The summed E-state index contributed by atoms with van der Waals surface area (Å²) < 4.78 is 9.03. The van der Waals surface area contributed by atoms with Crippen LogP contribution in [0, 0.1) is 0 Å². The van der Waals surface area contributed by atoms with Crippen molar-refractivity contribution in [3.63, 3.8) is 0 Å². The zero-order chi connectivity index (χ0) is 22.9. The van der Waals surface area contributed by atoms with Gasteiger partial charge in [0.2, 0.25) is 0 Å². The van der Waals surface area contributed by atoms with E-state index in [1.165, 1.54) is 0 Å². The first-order valence-electron chi connectivity index (χ1n) is 10.6. The Balaban J connectivity index is 1.38. The fourth-order valence-corrected chi connectivity index (χ4v) is 3.83. The van der Waals surface area contributed by atoms with Crippen molar-refractivity contribution in [1.82, 2.24) is 39.7 Å². The molecule has 6 rings (SSSR count). The van der Waals surface area contributed by atoms with Crippen molar-refractivity contribution in [2.75, 3.05) is 0 Å². The molecule has 0 fully saturated rings. The first-order valence-corrected chi connectivity index (χ1v) is 10.6. The van der Waals surface area contributed by atoms with Crippen LogP contribution in [0.1, 0.15) is 21.9 Å². The zero-order valence-electron chi connectivity index (χ0n) is 17.9. The largest absolute Gasteiger partial charge is 0.467 e. The van der Waals surface area contributed by atoms with Crippen LogP contribution < -0.4 is 5.32 Å². The topological polar surface area (TPSA) is 116 Å². The van der Waals surface area contributed by atoms with Gasteiger partial charge in [-0.15, -0.1) is 10.2 Å². The fourth-order valence-electron chi connectivity index (χ4n) is 3.83. The van der Waals surface area contributed by atoms with Crippen LogP contribution in [0.4, 0.5) is 0 Å². The minimum atomic E-state index is -0.261. The van der Waals surface area contributed by atoms with Gasteiger partial charge < -0.3 is 9.73 Å². The molecule has 0 bridgehead atoms. The monoisotopic (exact) mass is 450 g/mol. The highest BCUT2D eigenvalue weighted by Crippen LogP contribution is 2.25. The van der Waals surface area contributed by atoms with E-state index in [0.29, 0.717) is 34.7 Å². The lowest BCUT2D eigenvalue weighted by Gasteiger charge is -2.09. The van der Waals surface area contributed by atoms with E-state index in [1.807, 2.05) is 53.1 Å². The highest BCUT2D eigenvalue weighted by molar-refractivity contribution is 6.06. The number of nitrogens with one attached hydrogen (secondary N) is 1. The van der Waals surface area contributed by atoms with Crippen molar-refractivity contribution in [1.29, 1.82) is 0 Å². The second-order valence-electron chi connectivity index (χ2n) is 7.64. The number of nitrogens with zero attached hydrogens (tertiary/aromatic N) is 7. The lowest BCUT2D eigenvalue weighted by atomic mass is 10.1. The number of furan rings is 1. The molecule has 1 amide bonds. The third-order valence-electron chi connectivity index (χ3n) is 5.49. The van der Waals surface area contributed by atoms with Crippen molar-refractivity contribution in [3.05, 3.63) is 96.7 Å². The molecule has 0 atom stereocenters. The number of pyridine rings is 3. The van der Waals surface area contributed by atoms with E-state index in [9.17, 15) is 4.79 Å². The Labute approximate surface area is 192 Å². The molecular formula is C24H18N8O2. The highest BCUT2D eigenvalue weighted by Gasteiger charge is 2.19. The van der Waals surface area contributed by atoms with Gasteiger partial charge in [-0.2, -0.15) is 5.10 Å². The van der Waals surface area contributed by atoms with Gasteiger partial charge in [-0.25, -0.2) is 9.67 Å². The molecule has 10 nitrogen and oxygen atoms in total. The van der Waals surface area contributed by atoms with Gasteiger partial charge in [0.1, 0.15) is 12.3 Å². The van der Waals surface area contributed by atoms with Crippen molar-refractivity contribution < 1.29 is 9.21 Å². The van der Waals surface area contributed by atoms with Crippen molar-refractivity contribution >= 4 is 22.6 Å². The molecule has 0 spiro atoms. The number of carbonyl (C=O) groups excluding carboxylic acids is 1. The number of rotatable bonds is 6. The zero-order valence-corrected chi connectivity index (χ0v) is 17.9. The minimum absolute atomic E-state index is 0.219. The van der Waals surface area contributed by atoms with Gasteiger partial charge in [-0.05, 0) is 42.5 Å². The smallest absolute Gasteiger partial charge is 0.252 e. The Morgan fingerprint density at radius 2 is 2.03 bits per heavy atom. The van der Waals surface area contributed by atoms with Gasteiger partial charge in [-0.1, -0.05) is 6.07 Å². The van der Waals surface area contributed by atoms with Crippen molar-refractivity contribution in [2.45, 2.75) is 13.1 Å². The summed E-state index contributed by atoms with van der Waals surface area (Å²) in [6.45, 7) is 0.614. The van der Waals surface area contributed by atoms with Gasteiger partial charge in [0.15, 0.2) is 17.1 Å². The summed E-state index contributed by atoms with van der Waals surface area (Å²) in [5.41, 5.74) is 3.18. The number of carbonyl (C=O) groups is 1. The highest BCUT2D eigenvalue weighted by atomic mass is 16.3. The van der Waals surface area contributed by atoms with Crippen LogP contribution >= 0.6 is 0 Å². The molecule has 6 heterocycles. The molecule has 1 N–H and O–H groups in total. The molecule has 0 aliphatic carbocycles. The predicted molar refractivity (Wildman–Crippen MR) is 123 cm³/mol. The van der Waals surface area contributed by atoms with Crippen LogP contribution in [-0.2, 0) is 13.1 Å². The first kappa shape index (κ1) is 19.8. The number of aromatic nitrogens is 7. The quantitative estimate of drug-likeness (QED) is 0.414. The van der Waals surface area contributed by atoms with E-state index in [0.717, 1.165) is 17.0 Å². The van der Waals surface area contributed by atoms with Crippen LogP contribution in [0.3, 0.4) is 0 Å². The van der Waals surface area contributed by atoms with E-state index in [1.54, 1.807) is 35.6 Å².